The van der Waals surface area contributed by atoms with Gasteiger partial charge in [0.2, 0.25) is 0 Å². The molecule has 0 spiro atoms. The number of rotatable bonds is 4. The van der Waals surface area contributed by atoms with Gasteiger partial charge in [-0.2, -0.15) is 0 Å². The van der Waals surface area contributed by atoms with Crippen LogP contribution in [0.3, 0.4) is 0 Å². The number of halogens is 1. The zero-order valence-electron chi connectivity index (χ0n) is 14.1. The van der Waals surface area contributed by atoms with Crippen LogP contribution in [-0.4, -0.2) is 14.9 Å². The molecule has 7 heteroatoms. The predicted molar refractivity (Wildman–Crippen MR) is 102 cm³/mol. The van der Waals surface area contributed by atoms with E-state index in [-0.39, 0.29) is 24.3 Å². The van der Waals surface area contributed by atoms with Crippen molar-refractivity contribution in [2.45, 2.75) is 26.8 Å². The Morgan fingerprint density at radius 1 is 1.20 bits per heavy atom. The molecule has 25 heavy (non-hydrogen) atoms. The molecule has 0 atom stereocenters. The van der Waals surface area contributed by atoms with Crippen LogP contribution >= 0.6 is 22.9 Å². The smallest absolute Gasteiger partial charge is 0.300 e. The number of hydrogen-bond donors (Lipinski definition) is 0. The van der Waals surface area contributed by atoms with Crippen molar-refractivity contribution in [3.8, 4) is 10.4 Å². The highest BCUT2D eigenvalue weighted by atomic mass is 35.5. The molecule has 3 aromatic rings. The molecule has 5 nitrogen and oxygen atoms in total. The Bertz CT molecular complexity index is 1090. The molecule has 0 saturated heterocycles. The molecule has 3 rings (SSSR count). The lowest BCUT2D eigenvalue weighted by Gasteiger charge is -2.07. The van der Waals surface area contributed by atoms with Crippen LogP contribution in [0.1, 0.15) is 18.9 Å². The lowest BCUT2D eigenvalue weighted by Crippen LogP contribution is -2.39. The molecule has 1 aromatic carbocycles. The van der Waals surface area contributed by atoms with Gasteiger partial charge in [-0.1, -0.05) is 23.7 Å². The zero-order valence-corrected chi connectivity index (χ0v) is 15.7. The molecule has 2 aromatic heterocycles. The predicted octanol–water partition coefficient (Wildman–Crippen LogP) is 3.37. The fourth-order valence-electron chi connectivity index (χ4n) is 2.82. The molecule has 130 valence electrons. The van der Waals surface area contributed by atoms with E-state index in [1.54, 1.807) is 19.2 Å². The van der Waals surface area contributed by atoms with Crippen molar-refractivity contribution < 1.29 is 4.79 Å². The topological polar surface area (TPSA) is 61.1 Å². The normalized spacial score (nSPS) is 11.2. The minimum Gasteiger partial charge on any atom is -0.300 e. The third-order valence-electron chi connectivity index (χ3n) is 4.20. The molecule has 0 aliphatic carbocycles. The van der Waals surface area contributed by atoms with Gasteiger partial charge in [-0.15, -0.1) is 11.3 Å². The zero-order chi connectivity index (χ0) is 18.3. The van der Waals surface area contributed by atoms with Gasteiger partial charge in [-0.05, 0) is 37.1 Å². The summed E-state index contributed by atoms with van der Waals surface area (Å²) < 4.78 is 2.63. The van der Waals surface area contributed by atoms with Gasteiger partial charge >= 0.3 is 5.69 Å². The van der Waals surface area contributed by atoms with Gasteiger partial charge in [0.05, 0.1) is 5.39 Å². The maximum atomic E-state index is 12.9. The van der Waals surface area contributed by atoms with Crippen molar-refractivity contribution in [2.75, 3.05) is 0 Å². The van der Waals surface area contributed by atoms with Crippen LogP contribution in [0.4, 0.5) is 0 Å². The summed E-state index contributed by atoms with van der Waals surface area (Å²) in [6.07, 6.45) is 0.161. The first-order valence-electron chi connectivity index (χ1n) is 7.79. The molecule has 0 unspecified atom stereocenters. The summed E-state index contributed by atoms with van der Waals surface area (Å²) in [6, 6.07) is 7.38. The first-order chi connectivity index (χ1) is 11.8. The Morgan fingerprint density at radius 3 is 2.44 bits per heavy atom. The highest BCUT2D eigenvalue weighted by Gasteiger charge is 2.19. The Balaban J connectivity index is 2.27. The number of benzene rings is 1. The molecule has 0 amide bonds. The van der Waals surface area contributed by atoms with E-state index in [2.05, 4.69) is 0 Å². The largest absolute Gasteiger partial charge is 0.331 e. The fraction of sp³-hybridized carbons (Fsp3) is 0.278. The van der Waals surface area contributed by atoms with Crippen LogP contribution in [0.15, 0.2) is 33.9 Å². The third-order valence-corrected chi connectivity index (χ3v) is 5.87. The molecule has 2 heterocycles. The van der Waals surface area contributed by atoms with Crippen LogP contribution in [0.2, 0.25) is 5.02 Å². The number of thiophene rings is 1. The molecule has 0 aliphatic heterocycles. The van der Waals surface area contributed by atoms with E-state index in [1.807, 2.05) is 19.1 Å². The highest BCUT2D eigenvalue weighted by molar-refractivity contribution is 7.22. The van der Waals surface area contributed by atoms with E-state index in [0.29, 0.717) is 15.2 Å². The standard InChI is InChI=1S/C18H17ClN2O3S/c1-10(22)8-9-21-16(23)14-11(2)15(12-4-6-13(19)7-5-12)25-17(14)20(3)18(21)24/h4-7H,8-9H2,1-3H3. The van der Waals surface area contributed by atoms with E-state index >= 15 is 0 Å². The number of fused-ring (bicyclic) bond motifs is 1. The molecule has 0 N–H and O–H groups in total. The summed E-state index contributed by atoms with van der Waals surface area (Å²) in [6.45, 7) is 3.43. The number of hydrogen-bond acceptors (Lipinski definition) is 4. The van der Waals surface area contributed by atoms with Gasteiger partial charge < -0.3 is 0 Å². The van der Waals surface area contributed by atoms with Gasteiger partial charge in [0.1, 0.15) is 10.6 Å². The molecule has 0 radical (unpaired) electrons. The van der Waals surface area contributed by atoms with E-state index in [0.717, 1.165) is 20.6 Å². The van der Waals surface area contributed by atoms with Gasteiger partial charge in [0, 0.05) is 29.9 Å². The molecule has 0 bridgehead atoms. The van der Waals surface area contributed by atoms with Gasteiger partial charge in [0.25, 0.3) is 5.56 Å². The number of carbonyl (C=O) groups excluding carboxylic acids is 1. The number of aryl methyl sites for hydroxylation is 2. The Labute approximate surface area is 153 Å². The SMILES string of the molecule is CC(=O)CCn1c(=O)c2c(C)c(-c3ccc(Cl)cc3)sc2n(C)c1=O. The number of ketones is 1. The first-order valence-corrected chi connectivity index (χ1v) is 8.99. The van der Waals surface area contributed by atoms with Crippen molar-refractivity contribution in [2.24, 2.45) is 7.05 Å². The minimum absolute atomic E-state index is 0.0575. The summed E-state index contributed by atoms with van der Waals surface area (Å²) in [5.41, 5.74) is 1.04. The first kappa shape index (κ1) is 17.6. The lowest BCUT2D eigenvalue weighted by molar-refractivity contribution is -0.117. The summed E-state index contributed by atoms with van der Waals surface area (Å²) in [5, 5.41) is 1.17. The highest BCUT2D eigenvalue weighted by Crippen LogP contribution is 2.36. The number of nitrogens with zero attached hydrogens (tertiary/aromatic N) is 2. The van der Waals surface area contributed by atoms with Crippen molar-refractivity contribution in [3.05, 3.63) is 55.7 Å². The monoisotopic (exact) mass is 376 g/mol. The second kappa shape index (κ2) is 6.61. The average Bonchev–Trinajstić information content (AvgIpc) is 2.91. The summed E-state index contributed by atoms with van der Waals surface area (Å²) in [5.74, 6) is -0.0575. The van der Waals surface area contributed by atoms with Crippen molar-refractivity contribution in [1.29, 1.82) is 0 Å². The number of aromatic nitrogens is 2. The van der Waals surface area contributed by atoms with Gasteiger partial charge in [0.15, 0.2) is 0 Å². The maximum Gasteiger partial charge on any atom is 0.331 e. The lowest BCUT2D eigenvalue weighted by atomic mass is 10.1. The van der Waals surface area contributed by atoms with Crippen LogP contribution in [0, 0.1) is 6.92 Å². The molecular weight excluding hydrogens is 360 g/mol. The van der Waals surface area contributed by atoms with E-state index in [4.69, 9.17) is 11.6 Å². The molecular formula is C18H17ClN2O3S. The molecule has 0 aliphatic rings. The molecule has 0 fully saturated rings. The fourth-order valence-corrected chi connectivity index (χ4v) is 4.21. The second-order valence-corrected chi connectivity index (χ2v) is 7.43. The average molecular weight is 377 g/mol. The Morgan fingerprint density at radius 2 is 1.84 bits per heavy atom. The number of Topliss-reactive ketones (excluding diaryl/α,β-unsaturated/α-hetero) is 1. The van der Waals surface area contributed by atoms with E-state index in [1.165, 1.54) is 22.8 Å². The number of carbonyl (C=O) groups is 1. The van der Waals surface area contributed by atoms with Crippen molar-refractivity contribution in [1.82, 2.24) is 9.13 Å². The Kier molecular flexibility index (Phi) is 4.67. The summed E-state index contributed by atoms with van der Waals surface area (Å²) >= 11 is 7.36. The van der Waals surface area contributed by atoms with Crippen LogP contribution in [-0.2, 0) is 18.4 Å². The minimum atomic E-state index is -0.400. The summed E-state index contributed by atoms with van der Waals surface area (Å²) in [4.78, 5) is 38.2. The van der Waals surface area contributed by atoms with Gasteiger partial charge in [-0.3, -0.25) is 18.7 Å². The Hall–Kier alpha value is -2.18. The van der Waals surface area contributed by atoms with Crippen molar-refractivity contribution in [3.63, 3.8) is 0 Å². The molecule has 0 saturated carbocycles. The van der Waals surface area contributed by atoms with E-state index < -0.39 is 5.69 Å². The van der Waals surface area contributed by atoms with Crippen molar-refractivity contribution >= 4 is 38.9 Å². The van der Waals surface area contributed by atoms with Crippen LogP contribution in [0.25, 0.3) is 20.7 Å². The maximum absolute atomic E-state index is 12.9. The van der Waals surface area contributed by atoms with E-state index in [9.17, 15) is 14.4 Å². The third kappa shape index (κ3) is 3.07. The van der Waals surface area contributed by atoms with Gasteiger partial charge in [-0.25, -0.2) is 4.79 Å². The van der Waals surface area contributed by atoms with Crippen LogP contribution in [0.5, 0.6) is 0 Å². The second-order valence-electron chi connectivity index (χ2n) is 5.99. The quantitative estimate of drug-likeness (QED) is 0.701. The summed E-state index contributed by atoms with van der Waals surface area (Å²) in [7, 11) is 1.65. The van der Waals surface area contributed by atoms with Crippen LogP contribution < -0.4 is 11.2 Å².